The number of nitrogens with one attached hydrogen (secondary N) is 4. The van der Waals surface area contributed by atoms with Gasteiger partial charge in [0.2, 0.25) is 11.8 Å². The molecule has 3 amide bonds. The van der Waals surface area contributed by atoms with E-state index in [2.05, 4.69) is 33.7 Å². The lowest BCUT2D eigenvalue weighted by atomic mass is 10.2. The lowest BCUT2D eigenvalue weighted by molar-refractivity contribution is -0.115. The van der Waals surface area contributed by atoms with Crippen molar-refractivity contribution in [3.63, 3.8) is 0 Å². The highest BCUT2D eigenvalue weighted by molar-refractivity contribution is 8.24. The molecule has 1 aliphatic rings. The Balaban J connectivity index is 1.61. The van der Waals surface area contributed by atoms with Gasteiger partial charge < -0.3 is 9.73 Å². The van der Waals surface area contributed by atoms with Gasteiger partial charge in [-0.1, -0.05) is 36.2 Å². The first-order valence-electron chi connectivity index (χ1n) is 7.29. The first kappa shape index (κ1) is 18.2. The van der Waals surface area contributed by atoms with Crippen LogP contribution in [-0.2, 0) is 4.79 Å². The van der Waals surface area contributed by atoms with Crippen LogP contribution in [0.15, 0.2) is 41.0 Å². The van der Waals surface area contributed by atoms with Crippen molar-refractivity contribution in [3.05, 3.63) is 36.6 Å². The molecule has 0 atom stereocenters. The molecule has 1 aromatic carbocycles. The molecular formula is C15H13N5O3S3. The molecule has 0 radical (unpaired) electrons. The van der Waals surface area contributed by atoms with Crippen molar-refractivity contribution in [2.75, 3.05) is 26.7 Å². The molecule has 0 unspecified atom stereocenters. The third kappa shape index (κ3) is 4.12. The summed E-state index contributed by atoms with van der Waals surface area (Å²) in [6.07, 6.45) is 1.42. The van der Waals surface area contributed by atoms with E-state index < -0.39 is 6.03 Å². The van der Waals surface area contributed by atoms with E-state index in [1.165, 1.54) is 28.4 Å². The summed E-state index contributed by atoms with van der Waals surface area (Å²) >= 11 is 11.1. The van der Waals surface area contributed by atoms with Gasteiger partial charge in [-0.3, -0.25) is 25.9 Å². The third-order valence-corrected chi connectivity index (χ3v) is 4.77. The van der Waals surface area contributed by atoms with E-state index in [-0.39, 0.29) is 11.8 Å². The summed E-state index contributed by atoms with van der Waals surface area (Å²) in [4.78, 5) is 25.4. The Morgan fingerprint density at radius 1 is 1.23 bits per heavy atom. The van der Waals surface area contributed by atoms with E-state index in [0.29, 0.717) is 27.1 Å². The van der Waals surface area contributed by atoms with E-state index in [0.717, 1.165) is 0 Å². The van der Waals surface area contributed by atoms with Gasteiger partial charge in [-0.2, -0.15) is 0 Å². The standard InChI is InChI=1S/C15H13N5O3S3/c21-12-7-26-15(25)20(12)10-3-1-9(2-4-10)17-14(22)18-13-11(5-6-23-13)19-16-8-24/h1-6,8,19H,7H2,(H,16,24)(H2,17,18,22). The monoisotopic (exact) mass is 407 g/mol. The molecule has 8 nitrogen and oxygen atoms in total. The number of carbonyl (C=O) groups excluding carboxylic acids is 2. The van der Waals surface area contributed by atoms with Gasteiger partial charge in [0.15, 0.2) is 0 Å². The molecule has 0 aliphatic carbocycles. The molecule has 1 aromatic heterocycles. The lowest BCUT2D eigenvalue weighted by Gasteiger charge is -2.15. The Hall–Kier alpha value is -2.63. The highest BCUT2D eigenvalue weighted by Crippen LogP contribution is 2.28. The molecule has 0 spiro atoms. The van der Waals surface area contributed by atoms with Crippen LogP contribution in [-0.4, -0.2) is 27.5 Å². The summed E-state index contributed by atoms with van der Waals surface area (Å²) in [7, 11) is 0. The van der Waals surface area contributed by atoms with Gasteiger partial charge in [-0.25, -0.2) is 4.79 Å². The summed E-state index contributed by atoms with van der Waals surface area (Å²) in [5.74, 6) is 0.522. The fourth-order valence-electron chi connectivity index (χ4n) is 2.17. The van der Waals surface area contributed by atoms with Crippen LogP contribution >= 0.6 is 36.2 Å². The maximum atomic E-state index is 12.1. The fourth-order valence-corrected chi connectivity index (χ4v) is 3.33. The molecule has 3 rings (SSSR count). The Morgan fingerprint density at radius 2 is 2.00 bits per heavy atom. The Morgan fingerprint density at radius 3 is 2.65 bits per heavy atom. The number of hydrogen-bond acceptors (Lipinski definition) is 7. The van der Waals surface area contributed by atoms with E-state index in [1.807, 2.05) is 0 Å². The van der Waals surface area contributed by atoms with Gasteiger partial charge in [-0.15, -0.1) is 0 Å². The Kier molecular flexibility index (Phi) is 5.71. The molecule has 2 aromatic rings. The average Bonchev–Trinajstić information content (AvgIpc) is 3.20. The van der Waals surface area contributed by atoms with Crippen molar-refractivity contribution in [1.29, 1.82) is 0 Å². The molecule has 134 valence electrons. The first-order valence-corrected chi connectivity index (χ1v) is 9.15. The molecular weight excluding hydrogens is 394 g/mol. The molecule has 4 N–H and O–H groups in total. The van der Waals surface area contributed by atoms with Crippen molar-refractivity contribution in [2.24, 2.45) is 0 Å². The molecule has 11 heteroatoms. The van der Waals surface area contributed by atoms with Crippen LogP contribution < -0.4 is 26.4 Å². The van der Waals surface area contributed by atoms with Gasteiger partial charge in [0.05, 0.1) is 23.2 Å². The number of hydrogen-bond donors (Lipinski definition) is 4. The zero-order valence-electron chi connectivity index (χ0n) is 13.1. The first-order chi connectivity index (χ1) is 12.6. The summed E-state index contributed by atoms with van der Waals surface area (Å²) in [6.45, 7) is 0. The number of thiocarbonyl (C=S) groups is 2. The van der Waals surface area contributed by atoms with Crippen LogP contribution in [0.1, 0.15) is 0 Å². The van der Waals surface area contributed by atoms with Crippen LogP contribution in [0.2, 0.25) is 0 Å². The number of urea groups is 1. The number of carbonyl (C=O) groups is 2. The SMILES string of the molecule is O=C(Nc1ccc(N2C(=O)CSC2=S)cc1)Nc1occc1NNC=S. The third-order valence-electron chi connectivity index (χ3n) is 3.29. The average molecular weight is 408 g/mol. The quantitative estimate of drug-likeness (QED) is 0.428. The summed E-state index contributed by atoms with van der Waals surface area (Å²) in [6, 6.07) is 7.95. The normalized spacial score (nSPS) is 13.5. The van der Waals surface area contributed by atoms with E-state index in [9.17, 15) is 9.59 Å². The van der Waals surface area contributed by atoms with Crippen LogP contribution in [0.5, 0.6) is 0 Å². The van der Waals surface area contributed by atoms with Crippen molar-refractivity contribution in [2.45, 2.75) is 0 Å². The minimum atomic E-state index is -0.485. The van der Waals surface area contributed by atoms with Gasteiger partial charge in [-0.05, 0) is 24.3 Å². The van der Waals surface area contributed by atoms with Gasteiger partial charge in [0.25, 0.3) is 0 Å². The zero-order chi connectivity index (χ0) is 18.5. The summed E-state index contributed by atoms with van der Waals surface area (Å²) in [5.41, 5.74) is 8.40. The van der Waals surface area contributed by atoms with E-state index >= 15 is 0 Å². The van der Waals surface area contributed by atoms with Crippen molar-refractivity contribution in [3.8, 4) is 0 Å². The lowest BCUT2D eigenvalue weighted by Crippen LogP contribution is -2.27. The number of furan rings is 1. The second-order valence-electron chi connectivity index (χ2n) is 4.96. The fraction of sp³-hybridized carbons (Fsp3) is 0.0667. The van der Waals surface area contributed by atoms with Crippen LogP contribution in [0.4, 0.5) is 27.7 Å². The highest BCUT2D eigenvalue weighted by Gasteiger charge is 2.27. The molecule has 2 heterocycles. The number of nitrogens with zero attached hydrogens (tertiary/aromatic N) is 1. The Bertz CT molecular complexity index is 836. The van der Waals surface area contributed by atoms with E-state index in [4.69, 9.17) is 16.6 Å². The maximum absolute atomic E-state index is 12.1. The molecule has 1 fully saturated rings. The highest BCUT2D eigenvalue weighted by atomic mass is 32.2. The molecule has 1 saturated heterocycles. The smallest absolute Gasteiger partial charge is 0.326 e. The Labute approximate surface area is 163 Å². The molecule has 0 saturated carbocycles. The number of benzene rings is 1. The summed E-state index contributed by atoms with van der Waals surface area (Å²) < 4.78 is 5.72. The van der Waals surface area contributed by atoms with Crippen molar-refractivity contribution >= 4 is 80.9 Å². The number of anilines is 4. The van der Waals surface area contributed by atoms with Crippen molar-refractivity contribution in [1.82, 2.24) is 5.43 Å². The largest absolute Gasteiger partial charge is 0.446 e. The number of thioether (sulfide) groups is 1. The number of hydrazine groups is 1. The van der Waals surface area contributed by atoms with Crippen LogP contribution in [0, 0.1) is 0 Å². The van der Waals surface area contributed by atoms with Gasteiger partial charge in [0.1, 0.15) is 10.0 Å². The zero-order valence-corrected chi connectivity index (χ0v) is 15.6. The second kappa shape index (κ2) is 8.17. The predicted octanol–water partition coefficient (Wildman–Crippen LogP) is 3.16. The summed E-state index contributed by atoms with van der Waals surface area (Å²) in [5, 5.41) is 5.25. The van der Waals surface area contributed by atoms with Crippen LogP contribution in [0.25, 0.3) is 0 Å². The minimum absolute atomic E-state index is 0.0544. The van der Waals surface area contributed by atoms with Gasteiger partial charge in [0, 0.05) is 11.8 Å². The van der Waals surface area contributed by atoms with Crippen molar-refractivity contribution < 1.29 is 14.0 Å². The predicted molar refractivity (Wildman–Crippen MR) is 111 cm³/mol. The maximum Gasteiger partial charge on any atom is 0.326 e. The molecule has 0 bridgehead atoms. The molecule has 26 heavy (non-hydrogen) atoms. The number of rotatable bonds is 6. The van der Waals surface area contributed by atoms with Gasteiger partial charge >= 0.3 is 6.03 Å². The van der Waals surface area contributed by atoms with E-state index in [1.54, 1.807) is 30.3 Å². The minimum Gasteiger partial charge on any atom is -0.446 e. The van der Waals surface area contributed by atoms with Crippen LogP contribution in [0.3, 0.4) is 0 Å². The topological polar surface area (TPSA) is 98.6 Å². The molecule has 1 aliphatic heterocycles. The second-order valence-corrected chi connectivity index (χ2v) is 6.81. The number of amides is 3.